The normalized spacial score (nSPS) is 18.7. The molecule has 1 heterocycles. The first-order valence-electron chi connectivity index (χ1n) is 7.98. The Balaban J connectivity index is 1.93. The summed E-state index contributed by atoms with van der Waals surface area (Å²) in [5.74, 6) is 0.997. The second-order valence-electron chi connectivity index (χ2n) is 5.93. The van der Waals surface area contributed by atoms with Crippen LogP contribution in [0.4, 0.5) is 0 Å². The van der Waals surface area contributed by atoms with Crippen molar-refractivity contribution in [2.24, 2.45) is 5.73 Å². The Hall–Kier alpha value is -1.10. The van der Waals surface area contributed by atoms with Crippen LogP contribution >= 0.6 is 0 Å². The predicted octanol–water partition coefficient (Wildman–Crippen LogP) is 1.86. The third kappa shape index (κ3) is 4.19. The lowest BCUT2D eigenvalue weighted by Crippen LogP contribution is -2.51. The Kier molecular flexibility index (Phi) is 6.03. The van der Waals surface area contributed by atoms with E-state index in [1.54, 1.807) is 7.11 Å². The van der Waals surface area contributed by atoms with Gasteiger partial charge in [0.2, 0.25) is 0 Å². The van der Waals surface area contributed by atoms with E-state index in [2.05, 4.69) is 41.8 Å². The molecule has 0 radical (unpaired) electrons. The maximum Gasteiger partial charge on any atom is 0.123 e. The molecular formula is C17H29N3O. The Labute approximate surface area is 128 Å². The van der Waals surface area contributed by atoms with E-state index >= 15 is 0 Å². The molecule has 0 aromatic heterocycles. The molecule has 0 amide bonds. The zero-order chi connectivity index (χ0) is 15.2. The summed E-state index contributed by atoms with van der Waals surface area (Å²) in [7, 11) is 1.75. The lowest BCUT2D eigenvalue weighted by atomic mass is 10.1. The van der Waals surface area contributed by atoms with Crippen LogP contribution in [-0.2, 0) is 6.54 Å². The highest BCUT2D eigenvalue weighted by molar-refractivity contribution is 5.36. The summed E-state index contributed by atoms with van der Waals surface area (Å²) in [5, 5.41) is 0. The standard InChI is InChI=1S/C17H29N3O/c1-4-16(12-18)20-9-7-19(8-10-20)13-15-11-14(2)5-6-17(15)21-3/h5-6,11,16H,4,7-10,12-13,18H2,1-3H3. The van der Waals surface area contributed by atoms with E-state index in [1.807, 2.05) is 0 Å². The van der Waals surface area contributed by atoms with Gasteiger partial charge in [0.1, 0.15) is 5.75 Å². The summed E-state index contributed by atoms with van der Waals surface area (Å²) in [4.78, 5) is 5.04. The minimum atomic E-state index is 0.542. The molecule has 4 heteroatoms. The number of aryl methyl sites for hydroxylation is 1. The second-order valence-corrected chi connectivity index (χ2v) is 5.93. The fourth-order valence-electron chi connectivity index (χ4n) is 3.13. The van der Waals surface area contributed by atoms with Crippen molar-refractivity contribution in [2.45, 2.75) is 32.9 Å². The minimum absolute atomic E-state index is 0.542. The van der Waals surface area contributed by atoms with Gasteiger partial charge >= 0.3 is 0 Å². The van der Waals surface area contributed by atoms with E-state index in [0.717, 1.165) is 51.4 Å². The van der Waals surface area contributed by atoms with Gasteiger partial charge in [0.05, 0.1) is 7.11 Å². The molecule has 21 heavy (non-hydrogen) atoms. The van der Waals surface area contributed by atoms with Crippen LogP contribution in [0.2, 0.25) is 0 Å². The summed E-state index contributed by atoms with van der Waals surface area (Å²) >= 11 is 0. The van der Waals surface area contributed by atoms with Gasteiger partial charge in [-0.2, -0.15) is 0 Å². The molecule has 0 spiro atoms. The van der Waals surface area contributed by atoms with Crippen molar-refractivity contribution < 1.29 is 4.74 Å². The van der Waals surface area contributed by atoms with Crippen LogP contribution in [0.5, 0.6) is 5.75 Å². The molecule has 1 saturated heterocycles. The van der Waals surface area contributed by atoms with Gasteiger partial charge in [0.25, 0.3) is 0 Å². The fourth-order valence-corrected chi connectivity index (χ4v) is 3.13. The number of hydrogen-bond acceptors (Lipinski definition) is 4. The van der Waals surface area contributed by atoms with Crippen molar-refractivity contribution in [2.75, 3.05) is 39.8 Å². The molecule has 4 nitrogen and oxygen atoms in total. The third-order valence-electron chi connectivity index (χ3n) is 4.50. The number of hydrogen-bond donors (Lipinski definition) is 1. The highest BCUT2D eigenvalue weighted by Crippen LogP contribution is 2.22. The van der Waals surface area contributed by atoms with Crippen LogP contribution in [-0.4, -0.2) is 55.7 Å². The summed E-state index contributed by atoms with van der Waals surface area (Å²) in [6.07, 6.45) is 1.14. The Bertz CT molecular complexity index is 438. The van der Waals surface area contributed by atoms with Crippen LogP contribution < -0.4 is 10.5 Å². The quantitative estimate of drug-likeness (QED) is 0.868. The summed E-state index contributed by atoms with van der Waals surface area (Å²) < 4.78 is 5.48. The lowest BCUT2D eigenvalue weighted by molar-refractivity contribution is 0.0921. The van der Waals surface area contributed by atoms with E-state index < -0.39 is 0 Å². The first-order chi connectivity index (χ1) is 10.2. The van der Waals surface area contributed by atoms with Crippen LogP contribution in [0.1, 0.15) is 24.5 Å². The number of methoxy groups -OCH3 is 1. The zero-order valence-electron chi connectivity index (χ0n) is 13.6. The maximum absolute atomic E-state index is 5.86. The molecule has 2 rings (SSSR count). The number of nitrogens with zero attached hydrogens (tertiary/aromatic N) is 2. The van der Waals surface area contributed by atoms with Crippen molar-refractivity contribution in [1.29, 1.82) is 0 Å². The first-order valence-corrected chi connectivity index (χ1v) is 7.98. The van der Waals surface area contributed by atoms with Gasteiger partial charge in [-0.15, -0.1) is 0 Å². The van der Waals surface area contributed by atoms with Crippen molar-refractivity contribution in [3.63, 3.8) is 0 Å². The predicted molar refractivity (Wildman–Crippen MR) is 87.7 cm³/mol. The van der Waals surface area contributed by atoms with Gasteiger partial charge in [-0.1, -0.05) is 24.6 Å². The van der Waals surface area contributed by atoms with Crippen molar-refractivity contribution in [3.05, 3.63) is 29.3 Å². The number of piperazine rings is 1. The smallest absolute Gasteiger partial charge is 0.123 e. The fraction of sp³-hybridized carbons (Fsp3) is 0.647. The maximum atomic E-state index is 5.86. The molecule has 1 aromatic rings. The van der Waals surface area contributed by atoms with Crippen molar-refractivity contribution in [3.8, 4) is 5.75 Å². The zero-order valence-corrected chi connectivity index (χ0v) is 13.6. The number of nitrogens with two attached hydrogens (primary N) is 1. The molecule has 118 valence electrons. The highest BCUT2D eigenvalue weighted by atomic mass is 16.5. The molecule has 1 atom stereocenters. The summed E-state index contributed by atoms with van der Waals surface area (Å²) in [6.45, 7) is 10.5. The average molecular weight is 291 g/mol. The Morgan fingerprint density at radius 2 is 1.95 bits per heavy atom. The highest BCUT2D eigenvalue weighted by Gasteiger charge is 2.22. The molecule has 0 aliphatic carbocycles. The Morgan fingerprint density at radius 1 is 1.24 bits per heavy atom. The van der Waals surface area contributed by atoms with Crippen LogP contribution in [0, 0.1) is 6.92 Å². The number of rotatable bonds is 6. The van der Waals surface area contributed by atoms with Crippen LogP contribution in [0.3, 0.4) is 0 Å². The molecule has 1 fully saturated rings. The van der Waals surface area contributed by atoms with Crippen LogP contribution in [0.25, 0.3) is 0 Å². The number of ether oxygens (including phenoxy) is 1. The largest absolute Gasteiger partial charge is 0.496 e. The third-order valence-corrected chi connectivity index (χ3v) is 4.50. The molecule has 1 aromatic carbocycles. The molecular weight excluding hydrogens is 262 g/mol. The van der Waals surface area contributed by atoms with E-state index in [-0.39, 0.29) is 0 Å². The van der Waals surface area contributed by atoms with E-state index in [4.69, 9.17) is 10.5 Å². The average Bonchev–Trinajstić information content (AvgIpc) is 2.50. The molecule has 2 N–H and O–H groups in total. The van der Waals surface area contributed by atoms with Gasteiger partial charge in [0, 0.05) is 50.9 Å². The van der Waals surface area contributed by atoms with Crippen LogP contribution in [0.15, 0.2) is 18.2 Å². The summed E-state index contributed by atoms with van der Waals surface area (Å²) in [6, 6.07) is 6.95. The van der Waals surface area contributed by atoms with Gasteiger partial charge in [-0.3, -0.25) is 9.80 Å². The van der Waals surface area contributed by atoms with E-state index in [1.165, 1.54) is 11.1 Å². The van der Waals surface area contributed by atoms with Gasteiger partial charge < -0.3 is 10.5 Å². The molecule has 1 aliphatic rings. The first kappa shape index (κ1) is 16.3. The molecule has 1 unspecified atom stereocenters. The molecule has 0 bridgehead atoms. The van der Waals surface area contributed by atoms with Gasteiger partial charge in [-0.25, -0.2) is 0 Å². The molecule has 0 saturated carbocycles. The molecule has 1 aliphatic heterocycles. The van der Waals surface area contributed by atoms with Gasteiger partial charge in [0.15, 0.2) is 0 Å². The van der Waals surface area contributed by atoms with Crippen molar-refractivity contribution in [1.82, 2.24) is 9.80 Å². The minimum Gasteiger partial charge on any atom is -0.496 e. The topological polar surface area (TPSA) is 41.7 Å². The SMILES string of the molecule is CCC(CN)N1CCN(Cc2cc(C)ccc2OC)CC1. The monoisotopic (exact) mass is 291 g/mol. The second kappa shape index (κ2) is 7.78. The van der Waals surface area contributed by atoms with Crippen molar-refractivity contribution >= 4 is 0 Å². The number of benzene rings is 1. The summed E-state index contributed by atoms with van der Waals surface area (Å²) in [5.41, 5.74) is 8.43. The van der Waals surface area contributed by atoms with Gasteiger partial charge in [-0.05, 0) is 19.4 Å². The van der Waals surface area contributed by atoms with E-state index in [0.29, 0.717) is 6.04 Å². The Morgan fingerprint density at radius 3 is 2.52 bits per heavy atom. The van der Waals surface area contributed by atoms with E-state index in [9.17, 15) is 0 Å². The lowest BCUT2D eigenvalue weighted by Gasteiger charge is -2.38.